The quantitative estimate of drug-likeness (QED) is 0.295. The number of nitrogens with one attached hydrogen (secondary N) is 3. The van der Waals surface area contributed by atoms with E-state index < -0.39 is 0 Å². The van der Waals surface area contributed by atoms with E-state index in [2.05, 4.69) is 20.9 Å². The summed E-state index contributed by atoms with van der Waals surface area (Å²) < 4.78 is 6.00. The van der Waals surface area contributed by atoms with E-state index in [-0.39, 0.29) is 11.8 Å². The number of hydrogen-bond acceptors (Lipinski definition) is 3. The van der Waals surface area contributed by atoms with Gasteiger partial charge >= 0.3 is 0 Å². The molecule has 2 atom stereocenters. The molecule has 0 heterocycles. The Bertz CT molecular complexity index is 515. The summed E-state index contributed by atoms with van der Waals surface area (Å²) in [5.41, 5.74) is 0. The summed E-state index contributed by atoms with van der Waals surface area (Å²) in [4.78, 5) is 16.7. The largest absolute Gasteiger partial charge is 0.378 e. The number of carbonyl (C=O) groups is 1. The van der Waals surface area contributed by atoms with E-state index >= 15 is 0 Å². The number of aliphatic imine (C=N–C) groups is 1. The molecule has 3 rings (SSSR count). The van der Waals surface area contributed by atoms with Gasteiger partial charge in [-0.15, -0.1) is 0 Å². The minimum Gasteiger partial charge on any atom is -0.378 e. The Morgan fingerprint density at radius 3 is 2.48 bits per heavy atom. The van der Waals surface area contributed by atoms with Gasteiger partial charge in [-0.1, -0.05) is 25.7 Å². The average Bonchev–Trinajstić information content (AvgIpc) is 3.57. The molecule has 0 radical (unpaired) electrons. The lowest BCUT2D eigenvalue weighted by Gasteiger charge is -2.30. The number of hydrogen-bond donors (Lipinski definition) is 3. The van der Waals surface area contributed by atoms with Crippen molar-refractivity contribution in [2.45, 2.75) is 108 Å². The molecular formula is C23H42N4O2. The fraction of sp³-hybridized carbons (Fsp3) is 0.913. The summed E-state index contributed by atoms with van der Waals surface area (Å²) in [5.74, 6) is 1.29. The Labute approximate surface area is 177 Å². The molecule has 6 nitrogen and oxygen atoms in total. The van der Waals surface area contributed by atoms with Crippen molar-refractivity contribution in [3.8, 4) is 0 Å². The normalized spacial score (nSPS) is 26.2. The first-order chi connectivity index (χ1) is 14.2. The highest BCUT2D eigenvalue weighted by atomic mass is 16.5. The van der Waals surface area contributed by atoms with Gasteiger partial charge in [0.05, 0.1) is 6.10 Å². The van der Waals surface area contributed by atoms with Gasteiger partial charge in [0.2, 0.25) is 5.91 Å². The molecule has 0 bridgehead atoms. The number of carbonyl (C=O) groups excluding carboxylic acids is 1. The van der Waals surface area contributed by atoms with Gasteiger partial charge in [0.15, 0.2) is 5.96 Å². The highest BCUT2D eigenvalue weighted by Crippen LogP contribution is 2.26. The standard InChI is InChI=1S/C23H42N4O2/c1-24-23(25-15-6-3-7-16-29-21-11-4-2-5-12-21)27-20-10-8-9-18(17-20)22(28)26-19-13-14-19/h18-21H,2-17H2,1H3,(H,26,28)(H2,24,25,27). The molecule has 0 aromatic heterocycles. The number of amides is 1. The van der Waals surface area contributed by atoms with Crippen LogP contribution >= 0.6 is 0 Å². The summed E-state index contributed by atoms with van der Waals surface area (Å²) in [7, 11) is 1.83. The minimum atomic E-state index is 0.157. The molecule has 29 heavy (non-hydrogen) atoms. The molecule has 0 spiro atoms. The topological polar surface area (TPSA) is 74.8 Å². The van der Waals surface area contributed by atoms with Crippen molar-refractivity contribution >= 4 is 11.9 Å². The van der Waals surface area contributed by atoms with Crippen molar-refractivity contribution in [1.29, 1.82) is 0 Å². The maximum atomic E-state index is 12.4. The minimum absolute atomic E-state index is 0.157. The van der Waals surface area contributed by atoms with Crippen molar-refractivity contribution in [2.24, 2.45) is 10.9 Å². The number of ether oxygens (including phenoxy) is 1. The fourth-order valence-electron chi connectivity index (χ4n) is 4.59. The molecule has 1 amide bonds. The van der Waals surface area contributed by atoms with Crippen molar-refractivity contribution in [3.05, 3.63) is 0 Å². The summed E-state index contributed by atoms with van der Waals surface area (Å²) >= 11 is 0. The van der Waals surface area contributed by atoms with Gasteiger partial charge in [-0.05, 0) is 64.2 Å². The van der Waals surface area contributed by atoms with Gasteiger partial charge < -0.3 is 20.7 Å². The van der Waals surface area contributed by atoms with Crippen LogP contribution in [-0.4, -0.2) is 50.3 Å². The van der Waals surface area contributed by atoms with Gasteiger partial charge in [0.25, 0.3) is 0 Å². The second-order valence-corrected chi connectivity index (χ2v) is 9.18. The second-order valence-electron chi connectivity index (χ2n) is 9.18. The highest BCUT2D eigenvalue weighted by Gasteiger charge is 2.31. The Hall–Kier alpha value is -1.30. The van der Waals surface area contributed by atoms with E-state index in [0.717, 1.165) is 70.5 Å². The van der Waals surface area contributed by atoms with Crippen LogP contribution in [0.3, 0.4) is 0 Å². The lowest BCUT2D eigenvalue weighted by atomic mass is 9.85. The number of nitrogens with zero attached hydrogens (tertiary/aromatic N) is 1. The number of rotatable bonds is 10. The van der Waals surface area contributed by atoms with E-state index in [9.17, 15) is 4.79 Å². The summed E-state index contributed by atoms with van der Waals surface area (Å²) in [5, 5.41) is 10.1. The first-order valence-corrected chi connectivity index (χ1v) is 12.1. The van der Waals surface area contributed by atoms with Gasteiger partial charge in [-0.3, -0.25) is 9.79 Å². The third-order valence-electron chi connectivity index (χ3n) is 6.55. The van der Waals surface area contributed by atoms with Gasteiger partial charge in [0, 0.05) is 38.2 Å². The predicted molar refractivity (Wildman–Crippen MR) is 118 cm³/mol. The van der Waals surface area contributed by atoms with Gasteiger partial charge in [0.1, 0.15) is 0 Å². The molecule has 3 aliphatic carbocycles. The molecule has 3 fully saturated rings. The zero-order valence-electron chi connectivity index (χ0n) is 18.4. The molecule has 3 N–H and O–H groups in total. The summed E-state index contributed by atoms with van der Waals surface area (Å²) in [6, 6.07) is 0.798. The SMILES string of the molecule is CN=C(NCCCCCOC1CCCCC1)NC1CCCC(C(=O)NC2CC2)C1. The summed E-state index contributed by atoms with van der Waals surface area (Å²) in [6.45, 7) is 1.84. The van der Waals surface area contributed by atoms with Crippen LogP contribution in [-0.2, 0) is 9.53 Å². The third kappa shape index (κ3) is 8.53. The summed E-state index contributed by atoms with van der Waals surface area (Å²) in [6.07, 6.45) is 17.0. The maximum absolute atomic E-state index is 12.4. The van der Waals surface area contributed by atoms with Crippen molar-refractivity contribution in [2.75, 3.05) is 20.2 Å². The van der Waals surface area contributed by atoms with E-state index in [1.165, 1.54) is 38.5 Å². The van der Waals surface area contributed by atoms with Crippen LogP contribution < -0.4 is 16.0 Å². The second kappa shape index (κ2) is 12.4. The zero-order valence-corrected chi connectivity index (χ0v) is 18.4. The maximum Gasteiger partial charge on any atom is 0.223 e. The molecule has 3 saturated carbocycles. The van der Waals surface area contributed by atoms with Crippen LogP contribution in [0.1, 0.15) is 89.9 Å². The number of unbranched alkanes of at least 4 members (excludes halogenated alkanes) is 2. The molecule has 0 aromatic rings. The molecule has 0 aromatic carbocycles. The van der Waals surface area contributed by atoms with Crippen LogP contribution in [0.4, 0.5) is 0 Å². The zero-order chi connectivity index (χ0) is 20.3. The fourth-order valence-corrected chi connectivity index (χ4v) is 4.59. The molecular weight excluding hydrogens is 364 g/mol. The Morgan fingerprint density at radius 2 is 1.72 bits per heavy atom. The molecule has 166 valence electrons. The van der Waals surface area contributed by atoms with Gasteiger partial charge in [-0.25, -0.2) is 0 Å². The van der Waals surface area contributed by atoms with Crippen LogP contribution in [0.25, 0.3) is 0 Å². The van der Waals surface area contributed by atoms with Gasteiger partial charge in [-0.2, -0.15) is 0 Å². The Balaban J connectivity index is 1.23. The van der Waals surface area contributed by atoms with Crippen molar-refractivity contribution < 1.29 is 9.53 Å². The lowest BCUT2D eigenvalue weighted by Crippen LogP contribution is -2.47. The predicted octanol–water partition coefficient (Wildman–Crippen LogP) is 3.51. The average molecular weight is 407 g/mol. The van der Waals surface area contributed by atoms with Crippen molar-refractivity contribution in [3.63, 3.8) is 0 Å². The Morgan fingerprint density at radius 1 is 0.897 bits per heavy atom. The smallest absolute Gasteiger partial charge is 0.223 e. The van der Waals surface area contributed by atoms with Crippen molar-refractivity contribution in [1.82, 2.24) is 16.0 Å². The molecule has 3 aliphatic rings. The third-order valence-corrected chi connectivity index (χ3v) is 6.55. The van der Waals surface area contributed by atoms with E-state index in [1.54, 1.807) is 0 Å². The molecule has 2 unspecified atom stereocenters. The molecule has 0 saturated heterocycles. The van der Waals surface area contributed by atoms with Crippen LogP contribution in [0.5, 0.6) is 0 Å². The first-order valence-electron chi connectivity index (χ1n) is 12.1. The first kappa shape index (κ1) is 22.4. The monoisotopic (exact) mass is 406 g/mol. The Kier molecular flexibility index (Phi) is 9.58. The van der Waals surface area contributed by atoms with E-state index in [0.29, 0.717) is 18.2 Å². The van der Waals surface area contributed by atoms with Crippen LogP contribution in [0.15, 0.2) is 4.99 Å². The van der Waals surface area contributed by atoms with E-state index in [1.807, 2.05) is 7.05 Å². The highest BCUT2D eigenvalue weighted by molar-refractivity contribution is 5.81. The van der Waals surface area contributed by atoms with Crippen LogP contribution in [0.2, 0.25) is 0 Å². The van der Waals surface area contributed by atoms with E-state index in [4.69, 9.17) is 4.74 Å². The van der Waals surface area contributed by atoms with Crippen LogP contribution in [0, 0.1) is 5.92 Å². The molecule has 6 heteroatoms. The lowest BCUT2D eigenvalue weighted by molar-refractivity contribution is -0.126. The molecule has 0 aliphatic heterocycles. The number of guanidine groups is 1.